The molecule has 3 heteroatoms. The van der Waals surface area contributed by atoms with Crippen LogP contribution in [0.4, 0.5) is 0 Å². The molecule has 16 heavy (non-hydrogen) atoms. The van der Waals surface area contributed by atoms with E-state index in [4.69, 9.17) is 10.2 Å². The molecular weight excluding hydrogens is 266 g/mol. The lowest BCUT2D eigenvalue weighted by molar-refractivity contribution is 0.354. The van der Waals surface area contributed by atoms with Gasteiger partial charge in [-0.05, 0) is 40.4 Å². The van der Waals surface area contributed by atoms with E-state index in [9.17, 15) is 0 Å². The summed E-state index contributed by atoms with van der Waals surface area (Å²) in [6.45, 7) is 0. The van der Waals surface area contributed by atoms with Gasteiger partial charge in [0.2, 0.25) is 0 Å². The standard InChI is InChI=1S/C13H20BrNO/c14-13-8-7-12(16-13)11(15)9-10-5-3-1-2-4-6-10/h7-8,10-11H,1-6,9,15H2. The quantitative estimate of drug-likeness (QED) is 0.836. The molecule has 1 saturated carbocycles. The Bertz CT molecular complexity index is 315. The molecule has 0 aromatic carbocycles. The van der Waals surface area contributed by atoms with E-state index in [0.29, 0.717) is 0 Å². The summed E-state index contributed by atoms with van der Waals surface area (Å²) >= 11 is 3.32. The fraction of sp³-hybridized carbons (Fsp3) is 0.692. The van der Waals surface area contributed by atoms with Crippen LogP contribution in [0, 0.1) is 5.92 Å². The summed E-state index contributed by atoms with van der Waals surface area (Å²) in [5, 5.41) is 0. The molecule has 0 radical (unpaired) electrons. The summed E-state index contributed by atoms with van der Waals surface area (Å²) in [5.74, 6) is 1.71. The molecule has 2 rings (SSSR count). The van der Waals surface area contributed by atoms with Crippen LogP contribution in [0.25, 0.3) is 0 Å². The summed E-state index contributed by atoms with van der Waals surface area (Å²) < 4.78 is 6.29. The second-order valence-electron chi connectivity index (χ2n) is 4.84. The van der Waals surface area contributed by atoms with Crippen molar-refractivity contribution in [2.75, 3.05) is 0 Å². The van der Waals surface area contributed by atoms with Crippen molar-refractivity contribution in [1.82, 2.24) is 0 Å². The van der Waals surface area contributed by atoms with Crippen molar-refractivity contribution < 1.29 is 4.42 Å². The van der Waals surface area contributed by atoms with E-state index in [0.717, 1.165) is 22.8 Å². The van der Waals surface area contributed by atoms with Crippen LogP contribution < -0.4 is 5.73 Å². The lowest BCUT2D eigenvalue weighted by Gasteiger charge is -2.17. The van der Waals surface area contributed by atoms with Gasteiger partial charge in [0.05, 0.1) is 6.04 Å². The third-order valence-electron chi connectivity index (χ3n) is 3.52. The van der Waals surface area contributed by atoms with E-state index in [-0.39, 0.29) is 6.04 Å². The molecule has 0 aliphatic heterocycles. The molecule has 1 heterocycles. The van der Waals surface area contributed by atoms with Crippen LogP contribution in [0.2, 0.25) is 0 Å². The lowest BCUT2D eigenvalue weighted by Crippen LogP contribution is -2.14. The van der Waals surface area contributed by atoms with Crippen molar-refractivity contribution in [3.63, 3.8) is 0 Å². The predicted molar refractivity (Wildman–Crippen MR) is 69.1 cm³/mol. The maximum absolute atomic E-state index is 6.18. The van der Waals surface area contributed by atoms with Crippen molar-refractivity contribution in [3.8, 4) is 0 Å². The van der Waals surface area contributed by atoms with Crippen molar-refractivity contribution >= 4 is 15.9 Å². The van der Waals surface area contributed by atoms with Gasteiger partial charge in [0, 0.05) is 0 Å². The number of hydrogen-bond acceptors (Lipinski definition) is 2. The SMILES string of the molecule is NC(CC1CCCCCC1)c1ccc(Br)o1. The maximum Gasteiger partial charge on any atom is 0.169 e. The Hall–Kier alpha value is -0.280. The van der Waals surface area contributed by atoms with Gasteiger partial charge in [0.15, 0.2) is 4.67 Å². The molecule has 0 amide bonds. The van der Waals surface area contributed by atoms with Crippen molar-refractivity contribution in [1.29, 1.82) is 0 Å². The molecular formula is C13H20BrNO. The van der Waals surface area contributed by atoms with Gasteiger partial charge in [-0.25, -0.2) is 0 Å². The first-order chi connectivity index (χ1) is 7.75. The topological polar surface area (TPSA) is 39.2 Å². The van der Waals surface area contributed by atoms with E-state index in [1.807, 2.05) is 12.1 Å². The van der Waals surface area contributed by atoms with E-state index in [1.54, 1.807) is 0 Å². The highest BCUT2D eigenvalue weighted by molar-refractivity contribution is 9.10. The number of rotatable bonds is 3. The molecule has 1 fully saturated rings. The fourth-order valence-corrected chi connectivity index (χ4v) is 2.92. The zero-order valence-electron chi connectivity index (χ0n) is 9.62. The van der Waals surface area contributed by atoms with Crippen molar-refractivity contribution in [2.45, 2.75) is 51.0 Å². The van der Waals surface area contributed by atoms with Crippen LogP contribution in [-0.4, -0.2) is 0 Å². The highest BCUT2D eigenvalue weighted by Gasteiger charge is 2.18. The lowest BCUT2D eigenvalue weighted by atomic mass is 9.92. The molecule has 2 nitrogen and oxygen atoms in total. The molecule has 0 saturated heterocycles. The molecule has 1 unspecified atom stereocenters. The average Bonchev–Trinajstić information content (AvgIpc) is 2.54. The smallest absolute Gasteiger partial charge is 0.169 e. The summed E-state index contributed by atoms with van der Waals surface area (Å²) in [6.07, 6.45) is 9.31. The van der Waals surface area contributed by atoms with Gasteiger partial charge in [-0.15, -0.1) is 0 Å². The monoisotopic (exact) mass is 285 g/mol. The second-order valence-corrected chi connectivity index (χ2v) is 5.62. The molecule has 1 aliphatic carbocycles. The Kier molecular flexibility index (Phi) is 4.47. The third kappa shape index (κ3) is 3.36. The number of hydrogen-bond donors (Lipinski definition) is 1. The maximum atomic E-state index is 6.18. The van der Waals surface area contributed by atoms with Crippen LogP contribution in [0.15, 0.2) is 21.2 Å². The van der Waals surface area contributed by atoms with E-state index in [1.165, 1.54) is 38.5 Å². The third-order valence-corrected chi connectivity index (χ3v) is 3.95. The van der Waals surface area contributed by atoms with Gasteiger partial charge in [0.25, 0.3) is 0 Å². The minimum atomic E-state index is 0.0643. The first-order valence-corrected chi connectivity index (χ1v) is 7.06. The van der Waals surface area contributed by atoms with Gasteiger partial charge in [-0.2, -0.15) is 0 Å². The normalized spacial score (nSPS) is 20.6. The van der Waals surface area contributed by atoms with E-state index in [2.05, 4.69) is 15.9 Å². The molecule has 1 aliphatic rings. The van der Waals surface area contributed by atoms with Crippen LogP contribution in [-0.2, 0) is 0 Å². The highest BCUT2D eigenvalue weighted by Crippen LogP contribution is 2.31. The predicted octanol–water partition coefficient (Wildman–Crippen LogP) is 4.40. The van der Waals surface area contributed by atoms with Crippen molar-refractivity contribution in [2.24, 2.45) is 11.7 Å². The molecule has 90 valence electrons. The Labute approximate surface area is 106 Å². The zero-order chi connectivity index (χ0) is 11.4. The van der Waals surface area contributed by atoms with E-state index >= 15 is 0 Å². The van der Waals surface area contributed by atoms with Gasteiger partial charge >= 0.3 is 0 Å². The average molecular weight is 286 g/mol. The van der Waals surface area contributed by atoms with Crippen LogP contribution in [0.1, 0.15) is 56.7 Å². The fourth-order valence-electron chi connectivity index (χ4n) is 2.60. The van der Waals surface area contributed by atoms with Crippen LogP contribution in [0.3, 0.4) is 0 Å². The molecule has 1 aromatic rings. The number of nitrogens with two attached hydrogens (primary N) is 1. The van der Waals surface area contributed by atoms with Gasteiger partial charge < -0.3 is 10.2 Å². The summed E-state index contributed by atoms with van der Waals surface area (Å²) in [7, 11) is 0. The summed E-state index contributed by atoms with van der Waals surface area (Å²) in [6, 6.07) is 3.96. The Morgan fingerprint density at radius 2 is 1.94 bits per heavy atom. The minimum Gasteiger partial charge on any atom is -0.453 e. The first-order valence-electron chi connectivity index (χ1n) is 6.26. The van der Waals surface area contributed by atoms with Crippen LogP contribution >= 0.6 is 15.9 Å². The van der Waals surface area contributed by atoms with Gasteiger partial charge in [0.1, 0.15) is 5.76 Å². The Balaban J connectivity index is 1.88. The molecule has 1 aromatic heterocycles. The van der Waals surface area contributed by atoms with Gasteiger partial charge in [-0.1, -0.05) is 38.5 Å². The molecule has 2 N–H and O–H groups in total. The second kappa shape index (κ2) is 5.87. The first kappa shape index (κ1) is 12.2. The number of furan rings is 1. The minimum absolute atomic E-state index is 0.0643. The zero-order valence-corrected chi connectivity index (χ0v) is 11.2. The van der Waals surface area contributed by atoms with E-state index < -0.39 is 0 Å². The Morgan fingerprint density at radius 1 is 1.25 bits per heavy atom. The number of halogens is 1. The molecule has 0 spiro atoms. The summed E-state index contributed by atoms with van der Waals surface area (Å²) in [5.41, 5.74) is 6.18. The van der Waals surface area contributed by atoms with Crippen molar-refractivity contribution in [3.05, 3.63) is 22.6 Å². The largest absolute Gasteiger partial charge is 0.453 e. The molecule has 0 bridgehead atoms. The highest BCUT2D eigenvalue weighted by atomic mass is 79.9. The molecule has 1 atom stereocenters. The summed E-state index contributed by atoms with van der Waals surface area (Å²) in [4.78, 5) is 0. The Morgan fingerprint density at radius 3 is 2.50 bits per heavy atom. The van der Waals surface area contributed by atoms with Crippen LogP contribution in [0.5, 0.6) is 0 Å². The van der Waals surface area contributed by atoms with Gasteiger partial charge in [-0.3, -0.25) is 0 Å².